The van der Waals surface area contributed by atoms with Gasteiger partial charge in [0.2, 0.25) is 5.91 Å². The van der Waals surface area contributed by atoms with Gasteiger partial charge in [0.15, 0.2) is 5.82 Å². The zero-order valence-electron chi connectivity index (χ0n) is 13.8. The second-order valence-corrected chi connectivity index (χ2v) is 6.82. The van der Waals surface area contributed by atoms with E-state index < -0.39 is 0 Å². The minimum Gasteiger partial charge on any atom is -0.351 e. The van der Waals surface area contributed by atoms with Crippen LogP contribution in [0.3, 0.4) is 0 Å². The Balaban J connectivity index is 1.80. The van der Waals surface area contributed by atoms with E-state index in [9.17, 15) is 9.59 Å². The molecule has 1 N–H and O–H groups in total. The molecule has 0 radical (unpaired) electrons. The summed E-state index contributed by atoms with van der Waals surface area (Å²) in [4.78, 5) is 35.5. The summed E-state index contributed by atoms with van der Waals surface area (Å²) in [6.45, 7) is 4.53. The summed E-state index contributed by atoms with van der Waals surface area (Å²) in [5, 5.41) is 4.68. The number of hydrogen-bond acceptors (Lipinski definition) is 5. The third-order valence-corrected chi connectivity index (χ3v) is 5.12. The Hall–Kier alpha value is -2.28. The van der Waals surface area contributed by atoms with Crippen LogP contribution in [0, 0.1) is 6.92 Å². The van der Waals surface area contributed by atoms with E-state index in [0.29, 0.717) is 12.4 Å². The van der Waals surface area contributed by atoms with Crippen molar-refractivity contribution in [2.24, 2.45) is 0 Å². The maximum Gasteiger partial charge on any atom is 0.264 e. The van der Waals surface area contributed by atoms with Crippen LogP contribution in [0.2, 0.25) is 0 Å². The average molecular weight is 344 g/mol. The molecular formula is C17H20N4O2S. The fourth-order valence-electron chi connectivity index (χ4n) is 2.89. The van der Waals surface area contributed by atoms with Gasteiger partial charge >= 0.3 is 0 Å². The topological polar surface area (TPSA) is 75.2 Å². The van der Waals surface area contributed by atoms with E-state index in [1.54, 1.807) is 12.3 Å². The largest absolute Gasteiger partial charge is 0.351 e. The number of likely N-dealkylation sites (tertiary alicyclic amines) is 1. The number of amides is 2. The van der Waals surface area contributed by atoms with Gasteiger partial charge in [0.1, 0.15) is 0 Å². The van der Waals surface area contributed by atoms with Gasteiger partial charge in [0.05, 0.1) is 23.2 Å². The highest BCUT2D eigenvalue weighted by Crippen LogP contribution is 2.32. The van der Waals surface area contributed by atoms with Crippen LogP contribution in [0.15, 0.2) is 23.7 Å². The molecule has 6 nitrogen and oxygen atoms in total. The molecule has 2 amide bonds. The molecule has 1 aliphatic rings. The number of thiophene rings is 1. The van der Waals surface area contributed by atoms with Crippen LogP contribution >= 0.6 is 11.3 Å². The molecule has 3 rings (SSSR count). The number of nitrogens with zero attached hydrogens (tertiary/aromatic N) is 3. The van der Waals surface area contributed by atoms with Gasteiger partial charge < -0.3 is 10.2 Å². The van der Waals surface area contributed by atoms with Gasteiger partial charge in [-0.05, 0) is 42.8 Å². The second kappa shape index (κ2) is 7.09. The molecule has 3 heterocycles. The maximum atomic E-state index is 12.8. The summed E-state index contributed by atoms with van der Waals surface area (Å²) in [7, 11) is 0. The number of rotatable bonds is 4. The minimum atomic E-state index is -0.101. The Morgan fingerprint density at radius 3 is 2.96 bits per heavy atom. The Morgan fingerprint density at radius 1 is 1.42 bits per heavy atom. The summed E-state index contributed by atoms with van der Waals surface area (Å²) in [6.07, 6.45) is 3.50. The molecule has 0 bridgehead atoms. The third kappa shape index (κ3) is 3.46. The number of nitrogens with one attached hydrogen (secondary N) is 1. The van der Waals surface area contributed by atoms with E-state index in [4.69, 9.17) is 0 Å². The zero-order chi connectivity index (χ0) is 17.1. The van der Waals surface area contributed by atoms with Crippen molar-refractivity contribution < 1.29 is 9.59 Å². The molecule has 7 heteroatoms. The normalized spacial score (nSPS) is 17.1. The van der Waals surface area contributed by atoms with Crippen LogP contribution in [0.5, 0.6) is 0 Å². The fraction of sp³-hybridized carbons (Fsp3) is 0.412. The molecule has 126 valence electrons. The highest BCUT2D eigenvalue weighted by Gasteiger charge is 2.33. The average Bonchev–Trinajstić information content (AvgIpc) is 3.21. The molecule has 0 unspecified atom stereocenters. The summed E-state index contributed by atoms with van der Waals surface area (Å²) in [5.74, 6) is 0.611. The summed E-state index contributed by atoms with van der Waals surface area (Å²) >= 11 is 1.48. The molecule has 1 atom stereocenters. The van der Waals surface area contributed by atoms with Crippen molar-refractivity contribution in [3.05, 3.63) is 45.7 Å². The van der Waals surface area contributed by atoms with Gasteiger partial charge in [0.25, 0.3) is 5.91 Å². The lowest BCUT2D eigenvalue weighted by molar-refractivity contribution is -0.119. The van der Waals surface area contributed by atoms with Crippen molar-refractivity contribution in [3.63, 3.8) is 0 Å². The van der Waals surface area contributed by atoms with Gasteiger partial charge in [0, 0.05) is 19.7 Å². The number of hydrogen-bond donors (Lipinski definition) is 1. The van der Waals surface area contributed by atoms with Crippen LogP contribution in [-0.4, -0.2) is 33.2 Å². The molecule has 0 spiro atoms. The summed E-state index contributed by atoms with van der Waals surface area (Å²) < 4.78 is 0. The van der Waals surface area contributed by atoms with E-state index in [2.05, 4.69) is 15.3 Å². The Labute approximate surface area is 144 Å². The van der Waals surface area contributed by atoms with Crippen LogP contribution in [0.25, 0.3) is 0 Å². The van der Waals surface area contributed by atoms with Crippen molar-refractivity contribution in [2.45, 2.75) is 39.3 Å². The monoisotopic (exact) mass is 344 g/mol. The first-order valence-corrected chi connectivity index (χ1v) is 8.85. The first-order chi connectivity index (χ1) is 11.6. The van der Waals surface area contributed by atoms with E-state index in [1.165, 1.54) is 18.3 Å². The van der Waals surface area contributed by atoms with Crippen molar-refractivity contribution in [3.8, 4) is 0 Å². The van der Waals surface area contributed by atoms with Gasteiger partial charge in [-0.3, -0.25) is 9.59 Å². The highest BCUT2D eigenvalue weighted by molar-refractivity contribution is 7.12. The first-order valence-electron chi connectivity index (χ1n) is 7.97. The van der Waals surface area contributed by atoms with Crippen molar-refractivity contribution in [1.82, 2.24) is 20.2 Å². The fourth-order valence-corrected chi connectivity index (χ4v) is 3.77. The molecule has 0 aromatic carbocycles. The smallest absolute Gasteiger partial charge is 0.264 e. The predicted molar refractivity (Wildman–Crippen MR) is 91.6 cm³/mol. The molecular weight excluding hydrogens is 324 g/mol. The van der Waals surface area contributed by atoms with Crippen LogP contribution in [0.4, 0.5) is 0 Å². The molecule has 1 aliphatic heterocycles. The number of aromatic nitrogens is 2. The van der Waals surface area contributed by atoms with Gasteiger partial charge in [-0.25, -0.2) is 9.97 Å². The molecule has 0 aliphatic carbocycles. The Kier molecular flexibility index (Phi) is 4.89. The Morgan fingerprint density at radius 2 is 2.25 bits per heavy atom. The molecule has 2 aromatic heterocycles. The third-order valence-electron chi connectivity index (χ3n) is 4.12. The van der Waals surface area contributed by atoms with Gasteiger partial charge in [-0.15, -0.1) is 11.3 Å². The van der Waals surface area contributed by atoms with E-state index in [1.807, 2.05) is 23.3 Å². The molecule has 1 saturated heterocycles. The predicted octanol–water partition coefficient (Wildman–Crippen LogP) is 2.46. The minimum absolute atomic E-state index is 0.0564. The number of carbonyl (C=O) groups excluding carboxylic acids is 2. The number of carbonyl (C=O) groups is 2. The van der Waals surface area contributed by atoms with Crippen molar-refractivity contribution in [1.29, 1.82) is 0 Å². The standard InChI is InChI=1S/C17H20N4O2S/c1-11-6-9-24-15(11)17(23)21-8-3-4-14(21)16-18-7-5-13(20-16)10-19-12(2)22/h5-7,9,14H,3-4,8,10H2,1-2H3,(H,19,22)/t14-/m0/s1. The van der Waals surface area contributed by atoms with E-state index >= 15 is 0 Å². The maximum absolute atomic E-state index is 12.8. The molecule has 0 saturated carbocycles. The van der Waals surface area contributed by atoms with E-state index in [0.717, 1.165) is 35.5 Å². The zero-order valence-corrected chi connectivity index (χ0v) is 14.6. The van der Waals surface area contributed by atoms with Crippen LogP contribution in [-0.2, 0) is 11.3 Å². The highest BCUT2D eigenvalue weighted by atomic mass is 32.1. The van der Waals surface area contributed by atoms with Crippen molar-refractivity contribution in [2.75, 3.05) is 6.54 Å². The van der Waals surface area contributed by atoms with Crippen LogP contribution < -0.4 is 5.32 Å². The van der Waals surface area contributed by atoms with Crippen molar-refractivity contribution >= 4 is 23.2 Å². The van der Waals surface area contributed by atoms with E-state index in [-0.39, 0.29) is 17.9 Å². The SMILES string of the molecule is CC(=O)NCc1ccnc([C@@H]2CCCN2C(=O)c2sccc2C)n1. The Bertz CT molecular complexity index is 759. The lowest BCUT2D eigenvalue weighted by Crippen LogP contribution is -2.31. The second-order valence-electron chi connectivity index (χ2n) is 5.91. The van der Waals surface area contributed by atoms with Gasteiger partial charge in [-0.1, -0.05) is 0 Å². The lowest BCUT2D eigenvalue weighted by Gasteiger charge is -2.23. The quantitative estimate of drug-likeness (QED) is 0.924. The number of aryl methyl sites for hydroxylation is 1. The molecule has 24 heavy (non-hydrogen) atoms. The lowest BCUT2D eigenvalue weighted by atomic mass is 10.2. The van der Waals surface area contributed by atoms with Crippen LogP contribution in [0.1, 0.15) is 52.6 Å². The summed E-state index contributed by atoms with van der Waals surface area (Å²) in [5.41, 5.74) is 1.76. The first kappa shape index (κ1) is 16.6. The molecule has 1 fully saturated rings. The van der Waals surface area contributed by atoms with Gasteiger partial charge in [-0.2, -0.15) is 0 Å². The molecule has 2 aromatic rings. The summed E-state index contributed by atoms with van der Waals surface area (Å²) in [6, 6.07) is 3.65.